The highest BCUT2D eigenvalue weighted by atomic mass is 16.5. The zero-order chi connectivity index (χ0) is 14.7. The van der Waals surface area contributed by atoms with Crippen LogP contribution in [0.2, 0.25) is 0 Å². The maximum atomic E-state index is 10.8. The lowest BCUT2D eigenvalue weighted by Gasteiger charge is -2.18. The van der Waals surface area contributed by atoms with Crippen LogP contribution in [0.3, 0.4) is 0 Å². The van der Waals surface area contributed by atoms with Crippen LogP contribution in [-0.4, -0.2) is 22.0 Å². The molecule has 1 atom stereocenters. The number of nitrogens with zero attached hydrogens (tertiary/aromatic N) is 2. The summed E-state index contributed by atoms with van der Waals surface area (Å²) in [6.45, 7) is 6.93. The number of aryl methyl sites for hydroxylation is 2. The molecule has 0 spiro atoms. The molecule has 20 heavy (non-hydrogen) atoms. The quantitative estimate of drug-likeness (QED) is 0.911. The van der Waals surface area contributed by atoms with Gasteiger partial charge in [-0.15, -0.1) is 0 Å². The Morgan fingerprint density at radius 1 is 1.35 bits per heavy atom. The number of aromatic nitrogens is 2. The van der Waals surface area contributed by atoms with E-state index in [0.717, 1.165) is 29.8 Å². The molecule has 2 aromatic rings. The number of rotatable bonds is 5. The number of aliphatic hydroxyl groups is 1. The smallest absolute Gasteiger partial charge is 0.163 e. The van der Waals surface area contributed by atoms with Gasteiger partial charge in [0, 0.05) is 6.54 Å². The van der Waals surface area contributed by atoms with Crippen LogP contribution in [0.5, 0.6) is 5.75 Å². The Bertz CT molecular complexity index is 590. The van der Waals surface area contributed by atoms with Crippen molar-refractivity contribution in [1.82, 2.24) is 9.78 Å². The van der Waals surface area contributed by atoms with E-state index in [1.165, 1.54) is 5.56 Å². The van der Waals surface area contributed by atoms with Crippen LogP contribution >= 0.6 is 0 Å². The van der Waals surface area contributed by atoms with Crippen molar-refractivity contribution in [3.05, 3.63) is 46.8 Å². The van der Waals surface area contributed by atoms with Gasteiger partial charge in [0.25, 0.3) is 0 Å². The first-order valence-corrected chi connectivity index (χ1v) is 6.94. The topological polar surface area (TPSA) is 47.3 Å². The third-order valence-electron chi connectivity index (χ3n) is 3.70. The Balaban J connectivity index is 2.49. The van der Waals surface area contributed by atoms with E-state index in [1.54, 1.807) is 13.3 Å². The minimum atomic E-state index is -0.723. The van der Waals surface area contributed by atoms with Crippen molar-refractivity contribution >= 4 is 0 Å². The number of aliphatic hydroxyl groups excluding tert-OH is 1. The van der Waals surface area contributed by atoms with E-state index >= 15 is 0 Å². The van der Waals surface area contributed by atoms with Gasteiger partial charge < -0.3 is 9.84 Å². The minimum absolute atomic E-state index is 0.631. The number of ether oxygens (including phenoxy) is 1. The standard InChI is InChI=1S/C16H22N2O2/c1-5-9-18-15(14(20-4)10-17-18)16(19)13-8-6-7-11(2)12(13)3/h6-8,10,16,19H,5,9H2,1-4H3. The summed E-state index contributed by atoms with van der Waals surface area (Å²) < 4.78 is 7.17. The molecule has 1 heterocycles. The van der Waals surface area contributed by atoms with Crippen LogP contribution in [-0.2, 0) is 6.54 Å². The predicted molar refractivity (Wildman–Crippen MR) is 79.0 cm³/mol. The van der Waals surface area contributed by atoms with Gasteiger partial charge in [-0.2, -0.15) is 5.10 Å². The van der Waals surface area contributed by atoms with Gasteiger partial charge >= 0.3 is 0 Å². The Kier molecular flexibility index (Phi) is 4.45. The summed E-state index contributed by atoms with van der Waals surface area (Å²) in [6, 6.07) is 5.97. The number of benzene rings is 1. The highest BCUT2D eigenvalue weighted by Crippen LogP contribution is 2.32. The fraction of sp³-hybridized carbons (Fsp3) is 0.438. The molecule has 108 valence electrons. The zero-order valence-electron chi connectivity index (χ0n) is 12.6. The summed E-state index contributed by atoms with van der Waals surface area (Å²) in [5, 5.41) is 15.1. The molecule has 0 saturated carbocycles. The number of hydrogen-bond acceptors (Lipinski definition) is 3. The molecule has 2 rings (SSSR count). The lowest BCUT2D eigenvalue weighted by atomic mass is 9.97. The monoisotopic (exact) mass is 274 g/mol. The van der Waals surface area contributed by atoms with Crippen molar-refractivity contribution in [1.29, 1.82) is 0 Å². The van der Waals surface area contributed by atoms with Crippen LogP contribution in [0.1, 0.15) is 41.8 Å². The van der Waals surface area contributed by atoms with Crippen molar-refractivity contribution < 1.29 is 9.84 Å². The van der Waals surface area contributed by atoms with Gasteiger partial charge in [0.05, 0.1) is 13.3 Å². The van der Waals surface area contributed by atoms with Gasteiger partial charge in [0.2, 0.25) is 0 Å². The van der Waals surface area contributed by atoms with Crippen LogP contribution in [0.4, 0.5) is 0 Å². The van der Waals surface area contributed by atoms with E-state index in [4.69, 9.17) is 4.74 Å². The molecule has 0 fully saturated rings. The third kappa shape index (κ3) is 2.56. The predicted octanol–water partition coefficient (Wildman–Crippen LogP) is 3.00. The molecule has 0 saturated heterocycles. The number of methoxy groups -OCH3 is 1. The van der Waals surface area contributed by atoms with E-state index in [2.05, 4.69) is 12.0 Å². The van der Waals surface area contributed by atoms with Crippen molar-refractivity contribution in [2.75, 3.05) is 7.11 Å². The molecule has 1 aromatic heterocycles. The van der Waals surface area contributed by atoms with Crippen molar-refractivity contribution in [2.45, 2.75) is 39.8 Å². The lowest BCUT2D eigenvalue weighted by molar-refractivity contribution is 0.201. The Labute approximate surface area is 120 Å². The average Bonchev–Trinajstić information content (AvgIpc) is 2.84. The van der Waals surface area contributed by atoms with Gasteiger partial charge in [-0.05, 0) is 37.0 Å². The summed E-state index contributed by atoms with van der Waals surface area (Å²) in [5.74, 6) is 0.631. The van der Waals surface area contributed by atoms with Crippen molar-refractivity contribution in [2.24, 2.45) is 0 Å². The van der Waals surface area contributed by atoms with E-state index in [9.17, 15) is 5.11 Å². The molecule has 0 aliphatic carbocycles. The molecule has 1 N–H and O–H groups in total. The molecule has 1 unspecified atom stereocenters. The van der Waals surface area contributed by atoms with Gasteiger partial charge in [-0.25, -0.2) is 0 Å². The maximum Gasteiger partial charge on any atom is 0.163 e. The summed E-state index contributed by atoms with van der Waals surface area (Å²) in [6.07, 6.45) is 1.90. The molecule has 4 nitrogen and oxygen atoms in total. The second kappa shape index (κ2) is 6.09. The average molecular weight is 274 g/mol. The zero-order valence-corrected chi connectivity index (χ0v) is 12.6. The molecule has 0 aliphatic rings. The van der Waals surface area contributed by atoms with E-state index in [1.807, 2.05) is 36.7 Å². The molecule has 0 aliphatic heterocycles. The summed E-state index contributed by atoms with van der Waals surface area (Å²) >= 11 is 0. The van der Waals surface area contributed by atoms with Gasteiger partial charge in [-0.3, -0.25) is 4.68 Å². The molecule has 4 heteroatoms. The van der Waals surface area contributed by atoms with E-state index < -0.39 is 6.10 Å². The first-order valence-electron chi connectivity index (χ1n) is 6.94. The summed E-state index contributed by atoms with van der Waals surface area (Å²) in [7, 11) is 1.60. The molecule has 0 radical (unpaired) electrons. The second-order valence-electron chi connectivity index (χ2n) is 5.01. The summed E-state index contributed by atoms with van der Waals surface area (Å²) in [4.78, 5) is 0. The normalized spacial score (nSPS) is 12.4. The first-order chi connectivity index (χ1) is 9.60. The Morgan fingerprint density at radius 3 is 2.75 bits per heavy atom. The van der Waals surface area contributed by atoms with E-state index in [0.29, 0.717) is 5.75 Å². The summed E-state index contributed by atoms with van der Waals surface area (Å²) in [5.41, 5.74) is 3.90. The Morgan fingerprint density at radius 2 is 2.10 bits per heavy atom. The Hall–Kier alpha value is -1.81. The largest absolute Gasteiger partial charge is 0.493 e. The fourth-order valence-corrected chi connectivity index (χ4v) is 2.42. The van der Waals surface area contributed by atoms with Crippen molar-refractivity contribution in [3.63, 3.8) is 0 Å². The van der Waals surface area contributed by atoms with Crippen LogP contribution in [0.15, 0.2) is 24.4 Å². The maximum absolute atomic E-state index is 10.8. The molecule has 0 bridgehead atoms. The second-order valence-corrected chi connectivity index (χ2v) is 5.01. The van der Waals surface area contributed by atoms with Crippen LogP contribution in [0.25, 0.3) is 0 Å². The van der Waals surface area contributed by atoms with Gasteiger partial charge in [0.1, 0.15) is 11.8 Å². The molecule has 0 amide bonds. The molecular formula is C16H22N2O2. The van der Waals surface area contributed by atoms with Gasteiger partial charge in [-0.1, -0.05) is 25.1 Å². The lowest BCUT2D eigenvalue weighted by Crippen LogP contribution is -2.12. The number of hydrogen-bond donors (Lipinski definition) is 1. The third-order valence-corrected chi connectivity index (χ3v) is 3.70. The van der Waals surface area contributed by atoms with Crippen LogP contribution < -0.4 is 4.74 Å². The SMILES string of the molecule is CCCn1ncc(OC)c1C(O)c1cccc(C)c1C. The molecular weight excluding hydrogens is 252 g/mol. The van der Waals surface area contributed by atoms with Crippen LogP contribution in [0, 0.1) is 13.8 Å². The fourth-order valence-electron chi connectivity index (χ4n) is 2.42. The minimum Gasteiger partial charge on any atom is -0.493 e. The molecule has 1 aromatic carbocycles. The van der Waals surface area contributed by atoms with Crippen molar-refractivity contribution in [3.8, 4) is 5.75 Å². The van der Waals surface area contributed by atoms with Gasteiger partial charge in [0.15, 0.2) is 5.75 Å². The highest BCUT2D eigenvalue weighted by molar-refractivity contribution is 5.41. The first kappa shape index (κ1) is 14.6. The van der Waals surface area contributed by atoms with E-state index in [-0.39, 0.29) is 0 Å². The highest BCUT2D eigenvalue weighted by Gasteiger charge is 2.22.